The van der Waals surface area contributed by atoms with E-state index >= 15 is 0 Å². The molecule has 0 N–H and O–H groups in total. The molecular weight excluding hydrogens is 288 g/mol. The van der Waals surface area contributed by atoms with Crippen molar-refractivity contribution in [3.05, 3.63) is 53.1 Å². The summed E-state index contributed by atoms with van der Waals surface area (Å²) in [4.78, 5) is 16.3. The van der Waals surface area contributed by atoms with Crippen LogP contribution < -0.4 is 0 Å². The van der Waals surface area contributed by atoms with Crippen molar-refractivity contribution in [1.29, 1.82) is 0 Å². The van der Waals surface area contributed by atoms with Gasteiger partial charge in [-0.2, -0.15) is 0 Å². The number of allylic oxidation sites excluding steroid dienone is 5. The second-order valence-corrected chi connectivity index (χ2v) is 4.80. The Morgan fingerprint density at radius 3 is 2.76 bits per heavy atom. The Balaban J connectivity index is 3.32. The Labute approximate surface area is 130 Å². The molecule has 1 atom stereocenters. The monoisotopic (exact) mass is 308 g/mol. The third-order valence-electron chi connectivity index (χ3n) is 3.14. The van der Waals surface area contributed by atoms with Crippen LogP contribution >= 0.6 is 11.6 Å². The molecule has 0 amide bonds. The minimum absolute atomic E-state index is 0.140. The van der Waals surface area contributed by atoms with Gasteiger partial charge in [0.05, 0.1) is 18.3 Å². The molecule has 0 spiro atoms. The summed E-state index contributed by atoms with van der Waals surface area (Å²) in [7, 11) is 0. The topological polar surface area (TPSA) is 44.1 Å². The zero-order chi connectivity index (χ0) is 16.0. The van der Waals surface area contributed by atoms with Crippen molar-refractivity contribution < 1.29 is 9.53 Å². The van der Waals surface area contributed by atoms with Crippen molar-refractivity contribution in [2.45, 2.75) is 33.7 Å². The van der Waals surface area contributed by atoms with Crippen LogP contribution in [0.2, 0.25) is 5.28 Å². The number of halogens is 1. The number of imidazole rings is 1. The number of aromatic nitrogens is 2. The van der Waals surface area contributed by atoms with Crippen molar-refractivity contribution in [3.63, 3.8) is 0 Å². The van der Waals surface area contributed by atoms with Gasteiger partial charge in [-0.05, 0) is 44.9 Å². The van der Waals surface area contributed by atoms with Crippen molar-refractivity contribution in [2.24, 2.45) is 0 Å². The summed E-state index contributed by atoms with van der Waals surface area (Å²) in [6.45, 7) is 11.4. The van der Waals surface area contributed by atoms with Crippen LogP contribution in [0.4, 0.5) is 0 Å². The highest BCUT2D eigenvalue weighted by atomic mass is 35.5. The summed E-state index contributed by atoms with van der Waals surface area (Å²) < 4.78 is 6.79. The van der Waals surface area contributed by atoms with Gasteiger partial charge in [0.2, 0.25) is 5.28 Å². The molecule has 114 valence electrons. The molecule has 0 fully saturated rings. The van der Waals surface area contributed by atoms with Crippen LogP contribution in [-0.2, 0) is 4.74 Å². The Morgan fingerprint density at radius 2 is 2.24 bits per heavy atom. The van der Waals surface area contributed by atoms with E-state index in [1.54, 1.807) is 24.5 Å². The van der Waals surface area contributed by atoms with Gasteiger partial charge >= 0.3 is 5.97 Å². The highest BCUT2D eigenvalue weighted by Gasteiger charge is 2.25. The predicted octanol–water partition coefficient (Wildman–Crippen LogP) is 4.27. The van der Waals surface area contributed by atoms with Gasteiger partial charge in [0.15, 0.2) is 5.69 Å². The Morgan fingerprint density at radius 1 is 1.57 bits per heavy atom. The van der Waals surface area contributed by atoms with Gasteiger partial charge in [-0.1, -0.05) is 30.9 Å². The molecular formula is C16H21ClN2O2. The standard InChI is InChI=1S/C16H21ClN2O2/c1-6-9-10-13(7-2)12(5)19-14(15(20)21-8-3)11(4)18-16(19)17/h6-7,9-10,12H,1,8H2,2-5H3/b10-9-,13-7+/t12-/m1/s1. The largest absolute Gasteiger partial charge is 0.461 e. The number of rotatable bonds is 6. The fourth-order valence-corrected chi connectivity index (χ4v) is 2.47. The van der Waals surface area contributed by atoms with E-state index in [1.165, 1.54) is 0 Å². The molecule has 0 radical (unpaired) electrons. The lowest BCUT2D eigenvalue weighted by molar-refractivity contribution is 0.0511. The summed E-state index contributed by atoms with van der Waals surface area (Å²) in [5.74, 6) is -0.413. The molecule has 0 aromatic carbocycles. The number of aryl methyl sites for hydroxylation is 1. The molecule has 21 heavy (non-hydrogen) atoms. The summed E-state index contributed by atoms with van der Waals surface area (Å²) in [6.07, 6.45) is 7.43. The zero-order valence-corrected chi connectivity index (χ0v) is 13.6. The lowest BCUT2D eigenvalue weighted by atomic mass is 10.1. The average molecular weight is 309 g/mol. The number of ether oxygens (including phenoxy) is 1. The van der Waals surface area contributed by atoms with E-state index in [0.717, 1.165) is 5.57 Å². The fourth-order valence-electron chi connectivity index (χ4n) is 2.12. The quantitative estimate of drug-likeness (QED) is 0.582. The molecule has 0 aliphatic rings. The van der Waals surface area contributed by atoms with Gasteiger partial charge in [0, 0.05) is 0 Å². The number of esters is 1. The maximum atomic E-state index is 12.1. The second kappa shape index (κ2) is 7.84. The molecule has 5 heteroatoms. The zero-order valence-electron chi connectivity index (χ0n) is 12.9. The van der Waals surface area contributed by atoms with Crippen LogP contribution in [0.25, 0.3) is 0 Å². The molecule has 1 heterocycles. The smallest absolute Gasteiger partial charge is 0.356 e. The Kier molecular flexibility index (Phi) is 6.43. The van der Waals surface area contributed by atoms with Gasteiger partial charge in [0.1, 0.15) is 0 Å². The van der Waals surface area contributed by atoms with Crippen molar-refractivity contribution in [1.82, 2.24) is 9.55 Å². The van der Waals surface area contributed by atoms with E-state index in [0.29, 0.717) is 18.0 Å². The average Bonchev–Trinajstić information content (AvgIpc) is 2.74. The van der Waals surface area contributed by atoms with Crippen LogP contribution in [0.5, 0.6) is 0 Å². The fraction of sp³-hybridized carbons (Fsp3) is 0.375. The summed E-state index contributed by atoms with van der Waals surface area (Å²) in [5.41, 5.74) is 1.95. The number of hydrogen-bond acceptors (Lipinski definition) is 3. The summed E-state index contributed by atoms with van der Waals surface area (Å²) >= 11 is 6.20. The van der Waals surface area contributed by atoms with Crippen LogP contribution in [-0.4, -0.2) is 22.1 Å². The van der Waals surface area contributed by atoms with E-state index in [4.69, 9.17) is 16.3 Å². The van der Waals surface area contributed by atoms with Crippen LogP contribution in [0, 0.1) is 6.92 Å². The van der Waals surface area contributed by atoms with E-state index in [-0.39, 0.29) is 11.3 Å². The van der Waals surface area contributed by atoms with Gasteiger partial charge in [0.25, 0.3) is 0 Å². The van der Waals surface area contributed by atoms with E-state index in [9.17, 15) is 4.79 Å². The molecule has 1 aromatic heterocycles. The van der Waals surface area contributed by atoms with E-state index < -0.39 is 5.97 Å². The third kappa shape index (κ3) is 3.85. The highest BCUT2D eigenvalue weighted by molar-refractivity contribution is 6.28. The molecule has 1 rings (SSSR count). The Hall–Kier alpha value is -1.81. The van der Waals surface area contributed by atoms with Crippen LogP contribution in [0.15, 0.2) is 36.5 Å². The van der Waals surface area contributed by atoms with Crippen LogP contribution in [0.1, 0.15) is 43.0 Å². The maximum Gasteiger partial charge on any atom is 0.356 e. The summed E-state index contributed by atoms with van der Waals surface area (Å²) in [6, 6.07) is -0.140. The van der Waals surface area contributed by atoms with Gasteiger partial charge < -0.3 is 9.30 Å². The molecule has 0 bridgehead atoms. The first-order valence-electron chi connectivity index (χ1n) is 6.84. The molecule has 0 unspecified atom stereocenters. The molecule has 0 aliphatic carbocycles. The minimum Gasteiger partial charge on any atom is -0.461 e. The van der Waals surface area contributed by atoms with Gasteiger partial charge in [-0.3, -0.25) is 0 Å². The second-order valence-electron chi connectivity index (χ2n) is 4.46. The normalized spacial score (nSPS) is 13.5. The van der Waals surface area contributed by atoms with Crippen molar-refractivity contribution in [2.75, 3.05) is 6.61 Å². The lowest BCUT2D eigenvalue weighted by Gasteiger charge is -2.18. The first kappa shape index (κ1) is 17.2. The third-order valence-corrected chi connectivity index (χ3v) is 3.41. The molecule has 0 saturated heterocycles. The molecule has 0 saturated carbocycles. The van der Waals surface area contributed by atoms with Gasteiger partial charge in [-0.15, -0.1) is 0 Å². The number of nitrogens with zero attached hydrogens (tertiary/aromatic N) is 2. The van der Waals surface area contributed by atoms with E-state index in [1.807, 2.05) is 32.1 Å². The Bertz CT molecular complexity index is 585. The maximum absolute atomic E-state index is 12.1. The predicted molar refractivity (Wildman–Crippen MR) is 85.7 cm³/mol. The minimum atomic E-state index is -0.413. The van der Waals surface area contributed by atoms with Crippen molar-refractivity contribution >= 4 is 17.6 Å². The molecule has 0 aliphatic heterocycles. The number of carbonyl (C=O) groups is 1. The molecule has 4 nitrogen and oxygen atoms in total. The van der Waals surface area contributed by atoms with E-state index in [2.05, 4.69) is 11.6 Å². The first-order chi connectivity index (χ1) is 9.97. The molecule has 1 aromatic rings. The SMILES string of the molecule is C=C/C=C\C(=C/C)[C@@H](C)n1c(Cl)nc(C)c1C(=O)OCC. The highest BCUT2D eigenvalue weighted by Crippen LogP contribution is 2.27. The number of hydrogen-bond donors (Lipinski definition) is 0. The first-order valence-corrected chi connectivity index (χ1v) is 7.22. The lowest BCUT2D eigenvalue weighted by Crippen LogP contribution is -2.17. The van der Waals surface area contributed by atoms with Gasteiger partial charge in [-0.25, -0.2) is 9.78 Å². The summed E-state index contributed by atoms with van der Waals surface area (Å²) in [5, 5.41) is 0.273. The van der Waals surface area contributed by atoms with Crippen LogP contribution in [0.3, 0.4) is 0 Å². The van der Waals surface area contributed by atoms with Crippen molar-refractivity contribution in [3.8, 4) is 0 Å². The number of carbonyl (C=O) groups excluding carboxylic acids is 1.